The minimum absolute atomic E-state index is 0.0855. The maximum Gasteiger partial charge on any atom is 0.251 e. The first kappa shape index (κ1) is 18.4. The summed E-state index contributed by atoms with van der Waals surface area (Å²) in [5.74, 6) is -0.131. The number of amides is 1. The lowest BCUT2D eigenvalue weighted by Crippen LogP contribution is -2.47. The molecule has 152 valence electrons. The van der Waals surface area contributed by atoms with Crippen LogP contribution in [0, 0.1) is 11.6 Å². The van der Waals surface area contributed by atoms with Gasteiger partial charge >= 0.3 is 0 Å². The predicted molar refractivity (Wildman–Crippen MR) is 102 cm³/mol. The molecule has 5 rings (SSSR count). The highest BCUT2D eigenvalue weighted by Gasteiger charge is 2.40. The molecular formula is C21H17F2N5O2. The van der Waals surface area contributed by atoms with Crippen LogP contribution >= 0.6 is 0 Å². The summed E-state index contributed by atoms with van der Waals surface area (Å²) in [5, 5.41) is 5.68. The van der Waals surface area contributed by atoms with Gasteiger partial charge in [-0.2, -0.15) is 4.98 Å². The van der Waals surface area contributed by atoms with E-state index in [0.717, 1.165) is 5.56 Å². The highest BCUT2D eigenvalue weighted by molar-refractivity contribution is 5.84. The quantitative estimate of drug-likeness (QED) is 0.714. The SMILES string of the molecule is O=C1C2CC(c3ccc(F)cc3)NN2C=CN1Cc1nc(-c2ccc(F)cc2)no1. The topological polar surface area (TPSA) is 74.5 Å². The number of fused-ring (bicyclic) bond motifs is 1. The van der Waals surface area contributed by atoms with Crippen LogP contribution in [0.15, 0.2) is 65.5 Å². The standard InChI is InChI=1S/C21H17F2N5O2/c22-15-5-1-13(2-6-15)17-11-18-21(29)27(9-10-28(18)25-17)12-19-24-20(26-30-19)14-3-7-16(23)8-4-14/h1-10,17-18,25H,11-12H2. The Kier molecular flexibility index (Phi) is 4.51. The average Bonchev–Trinajstić information content (AvgIpc) is 3.39. The largest absolute Gasteiger partial charge is 0.337 e. The molecule has 2 aromatic carbocycles. The first-order chi connectivity index (χ1) is 14.6. The van der Waals surface area contributed by atoms with Gasteiger partial charge in [0.15, 0.2) is 0 Å². The van der Waals surface area contributed by atoms with Crippen molar-refractivity contribution in [3.63, 3.8) is 0 Å². The molecule has 1 fully saturated rings. The van der Waals surface area contributed by atoms with E-state index in [-0.39, 0.29) is 42.1 Å². The van der Waals surface area contributed by atoms with Gasteiger partial charge in [0.2, 0.25) is 11.7 Å². The number of benzene rings is 2. The van der Waals surface area contributed by atoms with E-state index in [4.69, 9.17) is 4.52 Å². The molecule has 0 saturated carbocycles. The fourth-order valence-corrected chi connectivity index (χ4v) is 3.66. The van der Waals surface area contributed by atoms with Gasteiger partial charge in [-0.1, -0.05) is 17.3 Å². The zero-order chi connectivity index (χ0) is 20.7. The number of hydrogen-bond donors (Lipinski definition) is 1. The first-order valence-corrected chi connectivity index (χ1v) is 9.44. The lowest BCUT2D eigenvalue weighted by Gasteiger charge is -2.30. The van der Waals surface area contributed by atoms with Crippen LogP contribution in [0.1, 0.15) is 23.9 Å². The average molecular weight is 409 g/mol. The van der Waals surface area contributed by atoms with Crippen LogP contribution in [-0.4, -0.2) is 32.0 Å². The van der Waals surface area contributed by atoms with E-state index in [1.54, 1.807) is 41.7 Å². The molecular weight excluding hydrogens is 392 g/mol. The Balaban J connectivity index is 1.28. The molecule has 2 unspecified atom stereocenters. The second-order valence-electron chi connectivity index (χ2n) is 7.17. The maximum atomic E-state index is 13.2. The summed E-state index contributed by atoms with van der Waals surface area (Å²) < 4.78 is 31.5. The molecule has 3 aromatic rings. The van der Waals surface area contributed by atoms with Gasteiger partial charge in [0.25, 0.3) is 5.91 Å². The molecule has 0 spiro atoms. The Morgan fingerprint density at radius 3 is 2.47 bits per heavy atom. The van der Waals surface area contributed by atoms with E-state index in [1.165, 1.54) is 29.2 Å². The smallest absolute Gasteiger partial charge is 0.251 e. The zero-order valence-electron chi connectivity index (χ0n) is 15.7. The lowest BCUT2D eigenvalue weighted by molar-refractivity contribution is -0.135. The third kappa shape index (κ3) is 3.43. The number of nitrogens with zero attached hydrogens (tertiary/aromatic N) is 4. The summed E-state index contributed by atoms with van der Waals surface area (Å²) in [7, 11) is 0. The van der Waals surface area contributed by atoms with E-state index in [0.29, 0.717) is 17.8 Å². The molecule has 2 atom stereocenters. The van der Waals surface area contributed by atoms with Crippen molar-refractivity contribution in [1.29, 1.82) is 0 Å². The zero-order valence-corrected chi connectivity index (χ0v) is 15.7. The van der Waals surface area contributed by atoms with E-state index >= 15 is 0 Å². The summed E-state index contributed by atoms with van der Waals surface area (Å²) >= 11 is 0. The van der Waals surface area contributed by atoms with Crippen molar-refractivity contribution in [1.82, 2.24) is 25.5 Å². The third-order valence-corrected chi connectivity index (χ3v) is 5.22. The minimum atomic E-state index is -0.385. The molecule has 1 amide bonds. The fourth-order valence-electron chi connectivity index (χ4n) is 3.66. The Morgan fingerprint density at radius 1 is 1.03 bits per heavy atom. The Bertz CT molecular complexity index is 1100. The number of nitrogens with one attached hydrogen (secondary N) is 1. The summed E-state index contributed by atoms with van der Waals surface area (Å²) in [4.78, 5) is 18.8. The molecule has 2 aliphatic rings. The molecule has 1 aromatic heterocycles. The number of hydrogen-bond acceptors (Lipinski definition) is 6. The predicted octanol–water partition coefficient (Wildman–Crippen LogP) is 3.15. The van der Waals surface area contributed by atoms with Gasteiger partial charge < -0.3 is 14.4 Å². The van der Waals surface area contributed by atoms with Crippen LogP contribution in [0.5, 0.6) is 0 Å². The summed E-state index contributed by atoms with van der Waals surface area (Å²) in [6.07, 6.45) is 3.99. The van der Waals surface area contributed by atoms with Crippen molar-refractivity contribution in [2.45, 2.75) is 25.0 Å². The van der Waals surface area contributed by atoms with Crippen LogP contribution in [0.4, 0.5) is 8.78 Å². The molecule has 1 N–H and O–H groups in total. The molecule has 2 aliphatic heterocycles. The molecule has 0 aliphatic carbocycles. The van der Waals surface area contributed by atoms with Crippen LogP contribution in [-0.2, 0) is 11.3 Å². The second kappa shape index (κ2) is 7.34. The molecule has 3 heterocycles. The highest BCUT2D eigenvalue weighted by Crippen LogP contribution is 2.31. The van der Waals surface area contributed by atoms with Gasteiger partial charge in [-0.3, -0.25) is 4.79 Å². The minimum Gasteiger partial charge on any atom is -0.337 e. The number of rotatable bonds is 4. The normalized spacial score (nSPS) is 20.7. The molecule has 9 heteroatoms. The Hall–Kier alpha value is -3.59. The number of carbonyl (C=O) groups excluding carboxylic acids is 1. The number of hydrazine groups is 1. The number of halogens is 2. The van der Waals surface area contributed by atoms with Crippen LogP contribution in [0.2, 0.25) is 0 Å². The van der Waals surface area contributed by atoms with Crippen LogP contribution < -0.4 is 5.43 Å². The number of carbonyl (C=O) groups is 1. The van der Waals surface area contributed by atoms with Gasteiger partial charge in [-0.15, -0.1) is 0 Å². The van der Waals surface area contributed by atoms with E-state index in [2.05, 4.69) is 15.6 Å². The van der Waals surface area contributed by atoms with Crippen molar-refractivity contribution in [3.05, 3.63) is 84.0 Å². The summed E-state index contributed by atoms with van der Waals surface area (Å²) in [5.41, 5.74) is 4.81. The molecule has 7 nitrogen and oxygen atoms in total. The van der Waals surface area contributed by atoms with E-state index < -0.39 is 0 Å². The van der Waals surface area contributed by atoms with E-state index in [9.17, 15) is 13.6 Å². The van der Waals surface area contributed by atoms with Crippen molar-refractivity contribution in [3.8, 4) is 11.4 Å². The second-order valence-corrected chi connectivity index (χ2v) is 7.17. The fraction of sp³-hybridized carbons (Fsp3) is 0.190. The van der Waals surface area contributed by atoms with Gasteiger partial charge in [-0.25, -0.2) is 14.2 Å². The number of aromatic nitrogens is 2. The van der Waals surface area contributed by atoms with Crippen LogP contribution in [0.25, 0.3) is 11.4 Å². The highest BCUT2D eigenvalue weighted by atomic mass is 19.1. The molecule has 0 bridgehead atoms. The molecule has 1 saturated heterocycles. The van der Waals surface area contributed by atoms with Crippen molar-refractivity contribution >= 4 is 5.91 Å². The van der Waals surface area contributed by atoms with E-state index in [1.807, 2.05) is 0 Å². The molecule has 0 radical (unpaired) electrons. The van der Waals surface area contributed by atoms with Gasteiger partial charge in [0.05, 0.1) is 6.04 Å². The maximum absolute atomic E-state index is 13.2. The van der Waals surface area contributed by atoms with Gasteiger partial charge in [0, 0.05) is 18.0 Å². The lowest BCUT2D eigenvalue weighted by atomic mass is 10.0. The van der Waals surface area contributed by atoms with Gasteiger partial charge in [0.1, 0.15) is 24.2 Å². The monoisotopic (exact) mass is 409 g/mol. The summed E-state index contributed by atoms with van der Waals surface area (Å²) in [6.45, 7) is 0.134. The van der Waals surface area contributed by atoms with Crippen LogP contribution in [0.3, 0.4) is 0 Å². The van der Waals surface area contributed by atoms with Crippen molar-refractivity contribution in [2.75, 3.05) is 0 Å². The van der Waals surface area contributed by atoms with Crippen molar-refractivity contribution in [2.24, 2.45) is 0 Å². The third-order valence-electron chi connectivity index (χ3n) is 5.22. The summed E-state index contributed by atoms with van der Waals surface area (Å²) in [6, 6.07) is 11.5. The van der Waals surface area contributed by atoms with Gasteiger partial charge in [-0.05, 0) is 48.4 Å². The first-order valence-electron chi connectivity index (χ1n) is 9.44. The van der Waals surface area contributed by atoms with Crippen molar-refractivity contribution < 1.29 is 18.1 Å². The Morgan fingerprint density at radius 2 is 1.73 bits per heavy atom. The molecule has 30 heavy (non-hydrogen) atoms. The Labute approximate surface area is 170 Å².